The van der Waals surface area contributed by atoms with Crippen LogP contribution in [0.15, 0.2) is 6.07 Å². The first-order chi connectivity index (χ1) is 60.2. The van der Waals surface area contributed by atoms with Crippen LogP contribution in [0.2, 0.25) is 0 Å². The Bertz CT molecular complexity index is 4300. The highest BCUT2D eigenvalue weighted by Crippen LogP contribution is 2.51. The topological polar surface area (TPSA) is 46.2 Å². The van der Waals surface area contributed by atoms with Crippen molar-refractivity contribution in [1.29, 1.82) is 0 Å². The van der Waals surface area contributed by atoms with Crippen molar-refractivity contribution in [2.75, 3.05) is 0 Å². The Morgan fingerprint density at radius 2 is 0.333 bits per heavy atom. The summed E-state index contributed by atoms with van der Waals surface area (Å²) in [5, 5.41) is 0. The molecule has 0 heterocycles. The second-order valence-electron chi connectivity index (χ2n) is 59.1. The third kappa shape index (κ3) is 43.8. The Morgan fingerprint density at radius 3 is 0.481 bits per heavy atom. The average Bonchev–Trinajstić information content (AvgIpc) is 0.775. The molecule has 0 atom stereocenters. The van der Waals surface area contributed by atoms with Gasteiger partial charge in [-0.25, -0.2) is 0 Å². The molecular weight excluding hydrogens is 1640 g/mol. The summed E-state index contributed by atoms with van der Waals surface area (Å²) in [5.74, 6) is 6.46. The number of hydrogen-bond donors (Lipinski definition) is 0. The van der Waals surface area contributed by atoms with E-state index < -0.39 is 0 Å². The molecule has 5 aromatic rings. The van der Waals surface area contributed by atoms with Crippen molar-refractivity contribution in [1.82, 2.24) is 0 Å². The van der Waals surface area contributed by atoms with Gasteiger partial charge in [0.15, 0.2) is 0 Å². The highest BCUT2D eigenvalue weighted by atomic mass is 16.5. The summed E-state index contributed by atoms with van der Waals surface area (Å²) in [5.41, 5.74) is 37.4. The highest BCUT2D eigenvalue weighted by Gasteiger charge is 2.39. The first-order valence-electron chi connectivity index (χ1n) is 54.6. The molecule has 0 aromatic heterocycles. The predicted octanol–water partition coefficient (Wildman–Crippen LogP) is 39.1. The molecule has 0 spiro atoms. The Morgan fingerprint density at radius 1 is 0.185 bits per heavy atom. The van der Waals surface area contributed by atoms with Crippen molar-refractivity contribution < 1.29 is 23.7 Å². The van der Waals surface area contributed by atoms with E-state index >= 15 is 0 Å². The van der Waals surface area contributed by atoms with Crippen molar-refractivity contribution in [3.63, 3.8) is 0 Å². The summed E-state index contributed by atoms with van der Waals surface area (Å²) < 4.78 is 33.7. The lowest BCUT2D eigenvalue weighted by Crippen LogP contribution is -2.29. The van der Waals surface area contributed by atoms with Gasteiger partial charge >= 0.3 is 0 Å². The van der Waals surface area contributed by atoms with Crippen molar-refractivity contribution in [3.05, 3.63) is 140 Å². The molecule has 0 saturated heterocycles. The summed E-state index contributed by atoms with van der Waals surface area (Å²) in [6.45, 7) is 142. The molecule has 5 heteroatoms. The van der Waals surface area contributed by atoms with E-state index in [2.05, 4.69) is 435 Å². The lowest BCUT2D eigenvalue weighted by Gasteiger charge is -2.37. The largest absolute Gasteiger partial charge is 0.488 e. The quantitative estimate of drug-likeness (QED) is 0.0524. The molecule has 0 radical (unpaired) electrons. The minimum atomic E-state index is -0.210. The van der Waals surface area contributed by atoms with Crippen LogP contribution in [0.25, 0.3) is 0 Å². The second kappa shape index (κ2) is 48.9. The van der Waals surface area contributed by atoms with E-state index in [1.165, 1.54) is 123 Å². The molecule has 135 heavy (non-hydrogen) atoms. The fraction of sp³-hybridized carbons (Fsp3) is 0.769. The van der Waals surface area contributed by atoms with Crippen LogP contribution >= 0.6 is 0 Å². The first-order valence-corrected chi connectivity index (χ1v) is 54.6. The first kappa shape index (κ1) is 128. The van der Waals surface area contributed by atoms with E-state index in [9.17, 15) is 0 Å². The van der Waals surface area contributed by atoms with Crippen LogP contribution in [0, 0.1) is 61.1 Å². The molecule has 5 nitrogen and oxygen atoms in total. The van der Waals surface area contributed by atoms with Crippen LogP contribution in [-0.4, -0.2) is 28.0 Å². The van der Waals surface area contributed by atoms with Crippen molar-refractivity contribution in [2.24, 2.45) is 54.1 Å². The molecule has 5 rings (SSSR count). The molecule has 0 aliphatic rings. The van der Waals surface area contributed by atoms with Crippen molar-refractivity contribution in [2.45, 2.75) is 603 Å². The standard InChI is InChI=1S/C28H50O.C27H48O.C26H46O.C25H44O.C24H42O/c1-15-19-21(17-25(3,4)5)24(29-28(12,13)14)22(18-26(6,7)8)20(16-2)23(19)27(9,10)11;1-14-19-21(16-25(5,6)7)24(28-27(11,12)13)22(17-26(8,9)10)20(15-2)23(19)18(3)4;1-13-18-19(14-2)21(16-24(4,5)6)23(27-26(10,11)12)22(20(18)15-3)17-25(7,8)9;1-13-18-17(3)19(14-2)21(16-24(7,8)9)22(26-25(10,11)12)20(18)15-23(4,5)6;1-12-17-14-18(13-2)20(16-23(6,7)8)21(25-24(9,10)11)19(17)15-22(3,4)5/h15-18H2,1-14H3;18H,14-17H2,1-13H3;13-17H2,1-12H3;13-16H2,1-12H3;14H,12-13,15-16H2,1-11H3. The van der Waals surface area contributed by atoms with Gasteiger partial charge in [-0.15, -0.1) is 0 Å². The third-order valence-corrected chi connectivity index (χ3v) is 24.0. The van der Waals surface area contributed by atoms with Crippen LogP contribution in [0.1, 0.15) is 562 Å². The maximum Gasteiger partial charge on any atom is 0.127 e. The van der Waals surface area contributed by atoms with E-state index in [1.807, 2.05) is 0 Å². The molecule has 5 aromatic carbocycles. The lowest BCUT2D eigenvalue weighted by atomic mass is 9.71. The van der Waals surface area contributed by atoms with E-state index in [0.717, 1.165) is 135 Å². The van der Waals surface area contributed by atoms with Gasteiger partial charge in [-0.05, 0) is 445 Å². The van der Waals surface area contributed by atoms with Gasteiger partial charge in [0.2, 0.25) is 0 Å². The zero-order chi connectivity index (χ0) is 106. The molecule has 0 saturated carbocycles. The van der Waals surface area contributed by atoms with E-state index in [1.54, 1.807) is 38.9 Å². The third-order valence-electron chi connectivity index (χ3n) is 24.0. The number of aryl methyl sites for hydroxylation is 2. The molecule has 0 N–H and O–H groups in total. The van der Waals surface area contributed by atoms with Crippen molar-refractivity contribution >= 4 is 0 Å². The zero-order valence-corrected chi connectivity index (χ0v) is 103. The number of benzene rings is 5. The fourth-order valence-corrected chi connectivity index (χ4v) is 20.2. The van der Waals surface area contributed by atoms with E-state index in [0.29, 0.717) is 5.92 Å². The minimum Gasteiger partial charge on any atom is -0.488 e. The summed E-state index contributed by atoms with van der Waals surface area (Å²) in [7, 11) is 0. The van der Waals surface area contributed by atoms with E-state index in [-0.39, 0.29) is 87.6 Å². The summed E-state index contributed by atoms with van der Waals surface area (Å²) in [4.78, 5) is 0. The fourth-order valence-electron chi connectivity index (χ4n) is 20.2. The average molecular weight is 1870 g/mol. The van der Waals surface area contributed by atoms with Crippen LogP contribution in [-0.2, 0) is 140 Å². The van der Waals surface area contributed by atoms with Crippen molar-refractivity contribution in [3.8, 4) is 28.7 Å². The maximum absolute atomic E-state index is 6.81. The van der Waals surface area contributed by atoms with E-state index in [4.69, 9.17) is 23.7 Å². The maximum atomic E-state index is 6.81. The number of rotatable bonds is 27. The molecule has 0 amide bonds. The number of ether oxygens (including phenoxy) is 5. The molecular formula is C130H230O5. The molecule has 0 bridgehead atoms. The normalized spacial score (nSPS) is 13.4. The Hall–Kier alpha value is -4.90. The van der Waals surface area contributed by atoms with Gasteiger partial charge in [0.25, 0.3) is 0 Å². The van der Waals surface area contributed by atoms with Crippen LogP contribution < -0.4 is 23.7 Å². The molecule has 0 fully saturated rings. The molecule has 0 unspecified atom stereocenters. The Balaban J connectivity index is 0.000000844. The van der Waals surface area contributed by atoms with Gasteiger partial charge in [0.05, 0.1) is 0 Å². The monoisotopic (exact) mass is 1870 g/mol. The molecule has 780 valence electrons. The van der Waals surface area contributed by atoms with Crippen LogP contribution in [0.3, 0.4) is 0 Å². The smallest absolute Gasteiger partial charge is 0.127 e. The number of hydrogen-bond acceptors (Lipinski definition) is 5. The SMILES string of the molecule is CCc1c(C)c(CC)c(CC(C)(C)C)c(OC(C)(C)C)c1CC(C)(C)C.CCc1c(CC(C)(C)C)c(OC(C)(C)C)c(CC(C)(C)C)c(CC)c1C(C)(C)C.CCc1c(CC(C)(C)C)c(OC(C)(C)C)c(CC(C)(C)C)c(CC)c1C(C)C.CCc1c(CC)c(CC(C)(C)C)c(OC(C)(C)C)c(CC(C)(C)C)c1CC.CCc1cc(CC)c(CC(C)(C)C)c(OC(C)(C)C)c1CC(C)(C)C. The van der Waals surface area contributed by atoms with Gasteiger partial charge in [-0.3, -0.25) is 0 Å². The van der Waals surface area contributed by atoms with Gasteiger partial charge in [-0.2, -0.15) is 0 Å². The van der Waals surface area contributed by atoms with Gasteiger partial charge in [0, 0.05) is 0 Å². The summed E-state index contributed by atoms with van der Waals surface area (Å²) >= 11 is 0. The van der Waals surface area contributed by atoms with Gasteiger partial charge < -0.3 is 23.7 Å². The summed E-state index contributed by atoms with van der Waals surface area (Å²) in [6.07, 6.45) is 22.4. The van der Waals surface area contributed by atoms with Crippen LogP contribution in [0.5, 0.6) is 28.7 Å². The summed E-state index contributed by atoms with van der Waals surface area (Å²) in [6, 6.07) is 2.46. The molecule has 0 aliphatic carbocycles. The Labute approximate surface area is 844 Å². The minimum absolute atomic E-state index is 0.121. The molecule has 0 aliphatic heterocycles. The van der Waals surface area contributed by atoms with Crippen LogP contribution in [0.4, 0.5) is 0 Å². The zero-order valence-electron chi connectivity index (χ0n) is 103. The lowest BCUT2D eigenvalue weighted by molar-refractivity contribution is 0.125. The van der Waals surface area contributed by atoms with Gasteiger partial charge in [0.1, 0.15) is 56.8 Å². The highest BCUT2D eigenvalue weighted by molar-refractivity contribution is 5.62. The second-order valence-corrected chi connectivity index (χ2v) is 59.1. The predicted molar refractivity (Wildman–Crippen MR) is 606 cm³/mol. The van der Waals surface area contributed by atoms with Gasteiger partial charge in [-0.1, -0.05) is 325 Å². The Kier molecular flexibility index (Phi) is 46.4.